The predicted octanol–water partition coefficient (Wildman–Crippen LogP) is 2.82. The Labute approximate surface area is 157 Å². The molecule has 1 aromatic heterocycles. The fraction of sp³-hybridized carbons (Fsp3) is 0.444. The molecular weight excluding hydrogens is 356 g/mol. The predicted molar refractivity (Wildman–Crippen MR) is 99.7 cm³/mol. The number of hydrogen-bond donors (Lipinski definition) is 2. The van der Waals surface area contributed by atoms with Gasteiger partial charge < -0.3 is 14.8 Å². The van der Waals surface area contributed by atoms with Crippen LogP contribution in [0.5, 0.6) is 0 Å². The standard InChI is InChI=1S/C18H23ClN4O3/c1-3-26-16-11-25-10-15(16)21-18(24)22-17-12(2)8-20-23(17)9-13-5-4-6-14(19)7-13/h4-8,15-16H,3,9-11H2,1-2H3,(H2,21,22,24)/t15-,16-/m1/s1. The van der Waals surface area contributed by atoms with Gasteiger partial charge in [0.1, 0.15) is 11.9 Å². The van der Waals surface area contributed by atoms with Crippen molar-refractivity contribution in [2.24, 2.45) is 0 Å². The Morgan fingerprint density at radius 2 is 2.31 bits per heavy atom. The molecule has 1 aromatic carbocycles. The van der Waals surface area contributed by atoms with Gasteiger partial charge in [-0.05, 0) is 31.5 Å². The van der Waals surface area contributed by atoms with Gasteiger partial charge in [-0.1, -0.05) is 23.7 Å². The molecule has 7 nitrogen and oxygen atoms in total. The van der Waals surface area contributed by atoms with Crippen LogP contribution in [0.3, 0.4) is 0 Å². The number of benzene rings is 1. The first-order valence-corrected chi connectivity index (χ1v) is 8.98. The summed E-state index contributed by atoms with van der Waals surface area (Å²) in [6.07, 6.45) is 1.60. The third kappa shape index (κ3) is 4.55. The van der Waals surface area contributed by atoms with Crippen LogP contribution in [-0.2, 0) is 16.0 Å². The van der Waals surface area contributed by atoms with E-state index in [2.05, 4.69) is 15.7 Å². The van der Waals surface area contributed by atoms with Crippen LogP contribution in [0.2, 0.25) is 5.02 Å². The molecule has 8 heteroatoms. The van der Waals surface area contributed by atoms with Crippen molar-refractivity contribution in [1.29, 1.82) is 0 Å². The highest BCUT2D eigenvalue weighted by atomic mass is 35.5. The molecule has 26 heavy (non-hydrogen) atoms. The molecule has 2 amide bonds. The second-order valence-electron chi connectivity index (χ2n) is 6.20. The lowest BCUT2D eigenvalue weighted by atomic mass is 10.2. The number of aromatic nitrogens is 2. The second kappa shape index (κ2) is 8.53. The summed E-state index contributed by atoms with van der Waals surface area (Å²) in [5.41, 5.74) is 1.89. The van der Waals surface area contributed by atoms with Gasteiger partial charge in [-0.15, -0.1) is 0 Å². The number of carbonyl (C=O) groups excluding carboxylic acids is 1. The van der Waals surface area contributed by atoms with E-state index in [0.717, 1.165) is 11.1 Å². The minimum Gasteiger partial charge on any atom is -0.376 e. The zero-order valence-corrected chi connectivity index (χ0v) is 15.6. The quantitative estimate of drug-likeness (QED) is 0.810. The number of rotatable bonds is 6. The SMILES string of the molecule is CCO[C@@H]1COC[C@H]1NC(=O)Nc1c(C)cnn1Cc1cccc(Cl)c1. The van der Waals surface area contributed by atoms with Crippen molar-refractivity contribution in [3.8, 4) is 0 Å². The van der Waals surface area contributed by atoms with Crippen molar-refractivity contribution < 1.29 is 14.3 Å². The van der Waals surface area contributed by atoms with Crippen LogP contribution in [-0.4, -0.2) is 47.8 Å². The van der Waals surface area contributed by atoms with Crippen molar-refractivity contribution >= 4 is 23.4 Å². The monoisotopic (exact) mass is 378 g/mol. The minimum absolute atomic E-state index is 0.122. The Morgan fingerprint density at radius 1 is 1.46 bits per heavy atom. The number of ether oxygens (including phenoxy) is 2. The van der Waals surface area contributed by atoms with E-state index in [1.807, 2.05) is 38.1 Å². The van der Waals surface area contributed by atoms with E-state index < -0.39 is 0 Å². The van der Waals surface area contributed by atoms with Gasteiger partial charge in [0.25, 0.3) is 0 Å². The normalized spacial score (nSPS) is 19.5. The first kappa shape index (κ1) is 18.7. The number of anilines is 1. The molecular formula is C18H23ClN4O3. The van der Waals surface area contributed by atoms with Gasteiger partial charge in [-0.3, -0.25) is 5.32 Å². The molecule has 2 atom stereocenters. The lowest BCUT2D eigenvalue weighted by Crippen LogP contribution is -2.45. The Balaban J connectivity index is 1.66. The average molecular weight is 379 g/mol. The average Bonchev–Trinajstić information content (AvgIpc) is 3.17. The van der Waals surface area contributed by atoms with E-state index in [4.69, 9.17) is 21.1 Å². The third-order valence-corrected chi connectivity index (χ3v) is 4.44. The zero-order chi connectivity index (χ0) is 18.5. The molecule has 3 rings (SSSR count). The van der Waals surface area contributed by atoms with Gasteiger partial charge in [-0.25, -0.2) is 9.48 Å². The molecule has 1 saturated heterocycles. The van der Waals surface area contributed by atoms with Gasteiger partial charge in [0, 0.05) is 17.2 Å². The van der Waals surface area contributed by atoms with Gasteiger partial charge in [-0.2, -0.15) is 5.10 Å². The molecule has 1 aliphatic rings. The summed E-state index contributed by atoms with van der Waals surface area (Å²) in [7, 11) is 0. The smallest absolute Gasteiger partial charge is 0.320 e. The fourth-order valence-corrected chi connectivity index (χ4v) is 3.14. The number of carbonyl (C=O) groups is 1. The second-order valence-corrected chi connectivity index (χ2v) is 6.64. The van der Waals surface area contributed by atoms with E-state index in [9.17, 15) is 4.79 Å². The molecule has 0 bridgehead atoms. The number of aryl methyl sites for hydroxylation is 1. The molecule has 0 unspecified atom stereocenters. The maximum atomic E-state index is 12.4. The van der Waals surface area contributed by atoms with Crippen LogP contribution in [0, 0.1) is 6.92 Å². The molecule has 2 aromatic rings. The molecule has 0 radical (unpaired) electrons. The number of urea groups is 1. The lowest BCUT2D eigenvalue weighted by Gasteiger charge is -2.19. The highest BCUT2D eigenvalue weighted by molar-refractivity contribution is 6.30. The first-order chi connectivity index (χ1) is 12.6. The van der Waals surface area contributed by atoms with Gasteiger partial charge in [0.15, 0.2) is 0 Å². The van der Waals surface area contributed by atoms with Crippen molar-refractivity contribution in [2.75, 3.05) is 25.1 Å². The summed E-state index contributed by atoms with van der Waals surface area (Å²) >= 11 is 6.04. The van der Waals surface area contributed by atoms with Crippen LogP contribution in [0.15, 0.2) is 30.5 Å². The number of nitrogens with zero attached hydrogens (tertiary/aromatic N) is 2. The fourth-order valence-electron chi connectivity index (χ4n) is 2.93. The van der Waals surface area contributed by atoms with Gasteiger partial charge in [0.05, 0.1) is 32.0 Å². The molecule has 140 valence electrons. The van der Waals surface area contributed by atoms with Crippen LogP contribution < -0.4 is 10.6 Å². The summed E-state index contributed by atoms with van der Waals surface area (Å²) in [5.74, 6) is 0.648. The number of hydrogen-bond acceptors (Lipinski definition) is 4. The Bertz CT molecular complexity index is 765. The molecule has 0 spiro atoms. The third-order valence-electron chi connectivity index (χ3n) is 4.20. The van der Waals surface area contributed by atoms with Crippen molar-refractivity contribution in [1.82, 2.24) is 15.1 Å². The maximum Gasteiger partial charge on any atom is 0.320 e. The Morgan fingerprint density at radius 3 is 3.08 bits per heavy atom. The van der Waals surface area contributed by atoms with Crippen LogP contribution >= 0.6 is 11.6 Å². The Hall–Kier alpha value is -2.09. The van der Waals surface area contributed by atoms with Crippen molar-refractivity contribution in [3.05, 3.63) is 46.6 Å². The summed E-state index contributed by atoms with van der Waals surface area (Å²) < 4.78 is 12.7. The topological polar surface area (TPSA) is 77.4 Å². The largest absolute Gasteiger partial charge is 0.376 e. The molecule has 1 fully saturated rings. The Kier molecular flexibility index (Phi) is 6.13. The van der Waals surface area contributed by atoms with Crippen LogP contribution in [0.25, 0.3) is 0 Å². The van der Waals surface area contributed by atoms with Crippen molar-refractivity contribution in [2.45, 2.75) is 32.5 Å². The molecule has 2 heterocycles. The molecule has 0 saturated carbocycles. The van der Waals surface area contributed by atoms with E-state index in [1.54, 1.807) is 10.9 Å². The maximum absolute atomic E-state index is 12.4. The van der Waals surface area contributed by atoms with Crippen molar-refractivity contribution in [3.63, 3.8) is 0 Å². The van der Waals surface area contributed by atoms with E-state index in [0.29, 0.717) is 37.2 Å². The highest BCUT2D eigenvalue weighted by Crippen LogP contribution is 2.18. The molecule has 0 aliphatic carbocycles. The van der Waals surface area contributed by atoms with Gasteiger partial charge in [0.2, 0.25) is 0 Å². The summed E-state index contributed by atoms with van der Waals surface area (Å²) in [6, 6.07) is 7.09. The van der Waals surface area contributed by atoms with E-state index >= 15 is 0 Å². The number of halogens is 1. The molecule has 2 N–H and O–H groups in total. The molecule has 1 aliphatic heterocycles. The summed E-state index contributed by atoms with van der Waals surface area (Å²) in [5, 5.41) is 10.8. The zero-order valence-electron chi connectivity index (χ0n) is 14.9. The van der Waals surface area contributed by atoms with Crippen LogP contribution in [0.4, 0.5) is 10.6 Å². The first-order valence-electron chi connectivity index (χ1n) is 8.60. The minimum atomic E-state index is -0.304. The summed E-state index contributed by atoms with van der Waals surface area (Å²) in [4.78, 5) is 12.4. The highest BCUT2D eigenvalue weighted by Gasteiger charge is 2.30. The van der Waals surface area contributed by atoms with Crippen LogP contribution in [0.1, 0.15) is 18.1 Å². The van der Waals surface area contributed by atoms with E-state index in [1.165, 1.54) is 0 Å². The van der Waals surface area contributed by atoms with E-state index in [-0.39, 0.29) is 18.2 Å². The van der Waals surface area contributed by atoms with Gasteiger partial charge >= 0.3 is 6.03 Å². The number of nitrogens with one attached hydrogen (secondary N) is 2. The number of amides is 2. The summed E-state index contributed by atoms with van der Waals surface area (Å²) in [6.45, 7) is 5.85. The lowest BCUT2D eigenvalue weighted by molar-refractivity contribution is 0.0428.